The molecule has 1 heterocycles. The summed E-state index contributed by atoms with van der Waals surface area (Å²) < 4.78 is 5.47. The Morgan fingerprint density at radius 2 is 1.67 bits per heavy atom. The highest BCUT2D eigenvalue weighted by atomic mass is 16.5. The molecule has 8 nitrogen and oxygen atoms in total. The molecule has 33 heavy (non-hydrogen) atoms. The normalized spacial score (nSPS) is 12.9. The molecule has 3 N–H and O–H groups in total. The van der Waals surface area contributed by atoms with Crippen LogP contribution < -0.4 is 10.6 Å². The minimum atomic E-state index is -1.14. The summed E-state index contributed by atoms with van der Waals surface area (Å²) >= 11 is 0. The largest absolute Gasteiger partial charge is 0.478 e. The Morgan fingerprint density at radius 1 is 1.03 bits per heavy atom. The van der Waals surface area contributed by atoms with E-state index in [1.807, 2.05) is 36.4 Å². The van der Waals surface area contributed by atoms with E-state index in [2.05, 4.69) is 27.8 Å². The number of nitrogens with one attached hydrogen (secondary N) is 2. The number of aromatic nitrogens is 1. The first kappa shape index (κ1) is 22.0. The summed E-state index contributed by atoms with van der Waals surface area (Å²) in [5.74, 6) is -2.13. The van der Waals surface area contributed by atoms with Gasteiger partial charge in [-0.15, -0.1) is 0 Å². The number of pyridine rings is 1. The van der Waals surface area contributed by atoms with Crippen LogP contribution in [0.1, 0.15) is 34.3 Å². The van der Waals surface area contributed by atoms with E-state index in [9.17, 15) is 14.4 Å². The number of hydrogen-bond donors (Lipinski definition) is 3. The number of carbonyl (C=O) groups excluding carboxylic acids is 2. The molecule has 0 saturated heterocycles. The monoisotopic (exact) mass is 445 g/mol. The van der Waals surface area contributed by atoms with Crippen molar-refractivity contribution in [3.8, 4) is 11.1 Å². The van der Waals surface area contributed by atoms with E-state index >= 15 is 0 Å². The number of rotatable bonds is 7. The highest BCUT2D eigenvalue weighted by molar-refractivity contribution is 5.94. The molecule has 1 atom stereocenters. The number of benzene rings is 2. The zero-order valence-corrected chi connectivity index (χ0v) is 17.9. The number of nitrogens with zero attached hydrogens (tertiary/aromatic N) is 1. The maximum atomic E-state index is 12.4. The third-order valence-electron chi connectivity index (χ3n) is 5.60. The number of alkyl carbamates (subject to hydrolysis) is 1. The van der Waals surface area contributed by atoms with Gasteiger partial charge in [-0.1, -0.05) is 55.5 Å². The van der Waals surface area contributed by atoms with Gasteiger partial charge in [-0.25, -0.2) is 9.59 Å². The van der Waals surface area contributed by atoms with Crippen LogP contribution in [0.25, 0.3) is 11.1 Å². The summed E-state index contributed by atoms with van der Waals surface area (Å²) in [5.41, 5.74) is 4.78. The number of carboxylic acids is 1. The molecule has 1 unspecified atom stereocenters. The lowest BCUT2D eigenvalue weighted by Crippen LogP contribution is -2.35. The van der Waals surface area contributed by atoms with Crippen LogP contribution in [0.15, 0.2) is 67.0 Å². The molecule has 0 radical (unpaired) electrons. The van der Waals surface area contributed by atoms with Gasteiger partial charge in [-0.2, -0.15) is 0 Å². The first-order valence-electron chi connectivity index (χ1n) is 10.5. The molecule has 4 rings (SSSR count). The zero-order chi connectivity index (χ0) is 23.4. The van der Waals surface area contributed by atoms with E-state index in [0.29, 0.717) is 0 Å². The molecule has 2 amide bonds. The fraction of sp³-hybridized carbons (Fsp3) is 0.200. The van der Waals surface area contributed by atoms with Gasteiger partial charge in [0.1, 0.15) is 6.61 Å². The van der Waals surface area contributed by atoms with Crippen molar-refractivity contribution < 1.29 is 24.2 Å². The van der Waals surface area contributed by atoms with Gasteiger partial charge < -0.3 is 20.5 Å². The quantitative estimate of drug-likeness (QED) is 0.508. The van der Waals surface area contributed by atoms with Crippen molar-refractivity contribution in [2.45, 2.75) is 12.8 Å². The maximum Gasteiger partial charge on any atom is 0.407 e. The van der Waals surface area contributed by atoms with Crippen LogP contribution in [0.2, 0.25) is 0 Å². The highest BCUT2D eigenvalue weighted by Crippen LogP contribution is 2.44. The van der Waals surface area contributed by atoms with Crippen LogP contribution in [-0.2, 0) is 9.53 Å². The Morgan fingerprint density at radius 3 is 2.30 bits per heavy atom. The Balaban J connectivity index is 1.30. The van der Waals surface area contributed by atoms with E-state index < -0.39 is 18.0 Å². The van der Waals surface area contributed by atoms with E-state index in [1.54, 1.807) is 6.92 Å². The molecule has 1 aliphatic carbocycles. The molecule has 8 heteroatoms. The summed E-state index contributed by atoms with van der Waals surface area (Å²) in [5, 5.41) is 14.2. The lowest BCUT2D eigenvalue weighted by Gasteiger charge is -2.16. The summed E-state index contributed by atoms with van der Waals surface area (Å²) in [6, 6.07) is 17.5. The average Bonchev–Trinajstić information content (AvgIpc) is 3.15. The van der Waals surface area contributed by atoms with Crippen molar-refractivity contribution in [3.05, 3.63) is 83.7 Å². The zero-order valence-electron chi connectivity index (χ0n) is 17.9. The van der Waals surface area contributed by atoms with Crippen molar-refractivity contribution in [2.24, 2.45) is 5.92 Å². The van der Waals surface area contributed by atoms with E-state index in [1.165, 1.54) is 18.5 Å². The molecule has 0 fully saturated rings. The molecular weight excluding hydrogens is 422 g/mol. The molecule has 1 aromatic heterocycles. The van der Waals surface area contributed by atoms with Crippen LogP contribution in [0.5, 0.6) is 0 Å². The van der Waals surface area contributed by atoms with E-state index in [0.717, 1.165) is 22.3 Å². The number of amides is 2. The number of carboxylic acid groups (broad SMARTS) is 1. The number of anilines is 1. The average molecular weight is 445 g/mol. The molecule has 3 aromatic rings. The minimum absolute atomic E-state index is 0.0304. The van der Waals surface area contributed by atoms with Gasteiger partial charge in [0.2, 0.25) is 5.91 Å². The van der Waals surface area contributed by atoms with Gasteiger partial charge in [0, 0.05) is 18.7 Å². The van der Waals surface area contributed by atoms with Crippen molar-refractivity contribution in [1.82, 2.24) is 10.3 Å². The topological polar surface area (TPSA) is 118 Å². The minimum Gasteiger partial charge on any atom is -0.478 e. The summed E-state index contributed by atoms with van der Waals surface area (Å²) in [4.78, 5) is 39.5. The van der Waals surface area contributed by atoms with Crippen LogP contribution in [0, 0.1) is 5.92 Å². The standard InChI is InChI=1S/C25H23N3O5/c1-15(23(29)28-17-10-16(24(30)31)12-26-13-17)11-27-25(32)33-14-22-20-8-4-2-6-18(20)19-7-3-5-9-21(19)22/h2-10,12-13,15,22H,11,14H2,1H3,(H,27,32)(H,28,29)(H,30,31). The van der Waals surface area contributed by atoms with Gasteiger partial charge in [0.25, 0.3) is 0 Å². The van der Waals surface area contributed by atoms with Gasteiger partial charge in [0.15, 0.2) is 0 Å². The first-order chi connectivity index (χ1) is 15.9. The molecule has 0 spiro atoms. The van der Waals surface area contributed by atoms with Crippen molar-refractivity contribution in [3.63, 3.8) is 0 Å². The third-order valence-corrected chi connectivity index (χ3v) is 5.60. The van der Waals surface area contributed by atoms with Gasteiger partial charge in [0.05, 0.1) is 23.4 Å². The second kappa shape index (κ2) is 9.52. The fourth-order valence-electron chi connectivity index (χ4n) is 3.87. The van der Waals surface area contributed by atoms with Crippen LogP contribution >= 0.6 is 0 Å². The van der Waals surface area contributed by atoms with Crippen molar-refractivity contribution in [2.75, 3.05) is 18.5 Å². The first-order valence-corrected chi connectivity index (χ1v) is 10.5. The van der Waals surface area contributed by atoms with Crippen molar-refractivity contribution >= 4 is 23.7 Å². The van der Waals surface area contributed by atoms with Gasteiger partial charge >= 0.3 is 12.1 Å². The van der Waals surface area contributed by atoms with Gasteiger partial charge in [-0.3, -0.25) is 9.78 Å². The second-order valence-corrected chi connectivity index (χ2v) is 7.86. The van der Waals surface area contributed by atoms with E-state index in [-0.39, 0.29) is 36.2 Å². The van der Waals surface area contributed by atoms with Crippen LogP contribution in [0.3, 0.4) is 0 Å². The molecule has 0 aliphatic heterocycles. The lowest BCUT2D eigenvalue weighted by atomic mass is 9.98. The summed E-state index contributed by atoms with van der Waals surface area (Å²) in [6.45, 7) is 1.90. The number of carbonyl (C=O) groups is 3. The number of ether oxygens (including phenoxy) is 1. The molecule has 0 bridgehead atoms. The Hall–Kier alpha value is -4.20. The SMILES string of the molecule is CC(CNC(=O)OCC1c2ccccc2-c2ccccc21)C(=O)Nc1cncc(C(=O)O)c1. The maximum absolute atomic E-state index is 12.4. The summed E-state index contributed by atoms with van der Waals surface area (Å²) in [6.07, 6.45) is 1.95. The molecular formula is C25H23N3O5. The van der Waals surface area contributed by atoms with Crippen molar-refractivity contribution in [1.29, 1.82) is 0 Å². The Bertz CT molecular complexity index is 1160. The number of aromatic carboxylic acids is 1. The van der Waals surface area contributed by atoms with E-state index in [4.69, 9.17) is 9.84 Å². The second-order valence-electron chi connectivity index (χ2n) is 7.86. The Labute approximate surface area is 190 Å². The third kappa shape index (κ3) is 4.85. The van der Waals surface area contributed by atoms with Crippen LogP contribution in [0.4, 0.5) is 10.5 Å². The highest BCUT2D eigenvalue weighted by Gasteiger charge is 2.29. The lowest BCUT2D eigenvalue weighted by molar-refractivity contribution is -0.119. The fourth-order valence-corrected chi connectivity index (χ4v) is 3.87. The molecule has 2 aromatic carbocycles. The predicted molar refractivity (Wildman–Crippen MR) is 122 cm³/mol. The smallest absolute Gasteiger partial charge is 0.407 e. The Kier molecular flexibility index (Phi) is 6.35. The van der Waals surface area contributed by atoms with Gasteiger partial charge in [-0.05, 0) is 28.3 Å². The molecule has 168 valence electrons. The number of hydrogen-bond acceptors (Lipinski definition) is 5. The number of fused-ring (bicyclic) bond motifs is 3. The molecule has 0 saturated carbocycles. The predicted octanol–water partition coefficient (Wildman–Crippen LogP) is 3.89. The van der Waals surface area contributed by atoms with Crippen LogP contribution in [-0.4, -0.2) is 41.2 Å². The summed E-state index contributed by atoms with van der Waals surface area (Å²) in [7, 11) is 0. The molecule has 1 aliphatic rings.